The SMILES string of the molecule is COc1cc(C2NC(=O)c3ccccc3N2)ccc1OCCCCCCOc1cc(C2=NOC(c3cc(OC)c(OC)c(OC)c3)C2)ccc1OC. The third-order valence-corrected chi connectivity index (χ3v) is 9.05. The van der Waals surface area contributed by atoms with Gasteiger partial charge in [0.15, 0.2) is 40.6 Å². The Kier molecular flexibility index (Phi) is 11.7. The lowest BCUT2D eigenvalue weighted by molar-refractivity contribution is 0.0853. The molecule has 2 N–H and O–H groups in total. The predicted octanol–water partition coefficient (Wildman–Crippen LogP) is 7.47. The highest BCUT2D eigenvalue weighted by Gasteiger charge is 2.28. The van der Waals surface area contributed by atoms with E-state index in [1.54, 1.807) is 41.6 Å². The average Bonchev–Trinajstić information content (AvgIpc) is 3.69. The van der Waals surface area contributed by atoms with Crippen LogP contribution in [0.4, 0.5) is 5.69 Å². The lowest BCUT2D eigenvalue weighted by Gasteiger charge is -2.28. The number of hydrogen-bond acceptors (Lipinski definition) is 11. The molecule has 1 amide bonds. The third-order valence-electron chi connectivity index (χ3n) is 9.05. The Bertz CT molecular complexity index is 1870. The minimum atomic E-state index is -0.368. The van der Waals surface area contributed by atoms with E-state index < -0.39 is 0 Å². The molecule has 0 saturated heterocycles. The van der Waals surface area contributed by atoms with E-state index in [0.29, 0.717) is 65.4 Å². The molecule has 12 nitrogen and oxygen atoms in total. The van der Waals surface area contributed by atoms with Crippen LogP contribution in [0.25, 0.3) is 0 Å². The molecule has 0 aromatic heterocycles. The average molecular weight is 712 g/mol. The topological polar surface area (TPSA) is 127 Å². The van der Waals surface area contributed by atoms with Gasteiger partial charge in [0, 0.05) is 23.2 Å². The minimum absolute atomic E-state index is 0.117. The maximum Gasteiger partial charge on any atom is 0.255 e. The second-order valence-corrected chi connectivity index (χ2v) is 12.3. The number of rotatable bonds is 17. The van der Waals surface area contributed by atoms with Crippen molar-refractivity contribution >= 4 is 17.3 Å². The van der Waals surface area contributed by atoms with E-state index in [1.165, 1.54) is 0 Å². The van der Waals surface area contributed by atoms with Crippen LogP contribution in [0.2, 0.25) is 0 Å². The number of hydrogen-bond donors (Lipinski definition) is 2. The summed E-state index contributed by atoms with van der Waals surface area (Å²) in [4.78, 5) is 18.4. The quantitative estimate of drug-likeness (QED) is 0.107. The Labute approximate surface area is 303 Å². The molecule has 0 spiro atoms. The fourth-order valence-electron chi connectivity index (χ4n) is 6.26. The van der Waals surface area contributed by atoms with Crippen LogP contribution >= 0.6 is 0 Å². The fourth-order valence-corrected chi connectivity index (χ4v) is 6.26. The van der Waals surface area contributed by atoms with Crippen molar-refractivity contribution in [2.24, 2.45) is 5.16 Å². The number of carbonyl (C=O) groups excluding carboxylic acids is 1. The van der Waals surface area contributed by atoms with E-state index in [-0.39, 0.29) is 18.2 Å². The lowest BCUT2D eigenvalue weighted by Crippen LogP contribution is -2.38. The smallest absolute Gasteiger partial charge is 0.255 e. The van der Waals surface area contributed by atoms with E-state index in [1.807, 2.05) is 66.7 Å². The van der Waals surface area contributed by atoms with Crippen LogP contribution in [0.3, 0.4) is 0 Å². The molecule has 52 heavy (non-hydrogen) atoms. The van der Waals surface area contributed by atoms with Gasteiger partial charge in [-0.15, -0.1) is 0 Å². The molecular formula is C40H45N3O9. The molecule has 0 aliphatic carbocycles. The van der Waals surface area contributed by atoms with Gasteiger partial charge in [0.2, 0.25) is 5.75 Å². The Morgan fingerprint density at radius 3 is 2.00 bits per heavy atom. The number of nitrogens with one attached hydrogen (secondary N) is 2. The van der Waals surface area contributed by atoms with Crippen molar-refractivity contribution in [3.63, 3.8) is 0 Å². The zero-order valence-corrected chi connectivity index (χ0v) is 30.2. The van der Waals surface area contributed by atoms with Crippen LogP contribution in [-0.2, 0) is 4.84 Å². The number of ether oxygens (including phenoxy) is 7. The molecule has 2 aliphatic heterocycles. The van der Waals surface area contributed by atoms with Gasteiger partial charge >= 0.3 is 0 Å². The molecule has 2 aliphatic rings. The lowest BCUT2D eigenvalue weighted by atomic mass is 9.99. The van der Waals surface area contributed by atoms with Crippen LogP contribution in [0.5, 0.6) is 40.2 Å². The summed E-state index contributed by atoms with van der Waals surface area (Å²) in [6.07, 6.45) is 3.61. The molecule has 4 aromatic carbocycles. The first-order chi connectivity index (χ1) is 25.5. The van der Waals surface area contributed by atoms with Crippen LogP contribution in [0, 0.1) is 0 Å². The number of oxime groups is 1. The van der Waals surface area contributed by atoms with Crippen LogP contribution < -0.4 is 43.8 Å². The maximum absolute atomic E-state index is 12.6. The van der Waals surface area contributed by atoms with Crippen molar-refractivity contribution in [1.29, 1.82) is 0 Å². The largest absolute Gasteiger partial charge is 0.493 e. The second kappa shape index (κ2) is 17.0. The number of anilines is 1. The summed E-state index contributed by atoms with van der Waals surface area (Å²) in [6, 6.07) is 22.7. The van der Waals surface area contributed by atoms with Crippen LogP contribution in [0.15, 0.2) is 78.0 Å². The Hall–Kier alpha value is -5.78. The van der Waals surface area contributed by atoms with Crippen molar-refractivity contribution in [3.05, 3.63) is 95.1 Å². The molecule has 0 fully saturated rings. The summed E-state index contributed by atoms with van der Waals surface area (Å²) in [6.45, 7) is 1.10. The summed E-state index contributed by atoms with van der Waals surface area (Å²) in [5.74, 6) is 4.12. The van der Waals surface area contributed by atoms with Crippen molar-refractivity contribution in [1.82, 2.24) is 5.32 Å². The van der Waals surface area contributed by atoms with Crippen molar-refractivity contribution < 1.29 is 42.8 Å². The summed E-state index contributed by atoms with van der Waals surface area (Å²) >= 11 is 0. The Balaban J connectivity index is 0.950. The zero-order valence-electron chi connectivity index (χ0n) is 30.2. The first kappa shape index (κ1) is 36.0. The molecule has 4 aromatic rings. The number of methoxy groups -OCH3 is 5. The summed E-state index contributed by atoms with van der Waals surface area (Å²) < 4.78 is 39.9. The third kappa shape index (κ3) is 8.06. The standard InChI is InChI=1S/C40H45N3O9/c1-45-31-16-14-25(30-24-33(52-43-30)27-22-36(47-3)38(49-5)37(23-27)48-4)20-35(31)51-19-11-7-6-10-18-50-32-17-15-26(21-34(32)46-2)39-41-29-13-9-8-12-28(29)40(44)42-39/h8-9,12-17,20-23,33,39,41H,6-7,10-11,18-19,24H2,1-5H3,(H,42,44). The number of amides is 1. The van der Waals surface area contributed by atoms with Crippen LogP contribution in [-0.4, -0.2) is 60.4 Å². The van der Waals surface area contributed by atoms with Crippen molar-refractivity contribution in [3.8, 4) is 40.2 Å². The summed E-state index contributed by atoms with van der Waals surface area (Å²) in [5, 5.41) is 10.8. The van der Waals surface area contributed by atoms with Gasteiger partial charge in [-0.1, -0.05) is 23.4 Å². The van der Waals surface area contributed by atoms with Crippen molar-refractivity contribution in [2.45, 2.75) is 44.4 Å². The molecule has 12 heteroatoms. The first-order valence-corrected chi connectivity index (χ1v) is 17.3. The highest BCUT2D eigenvalue weighted by Crippen LogP contribution is 2.42. The first-order valence-electron chi connectivity index (χ1n) is 17.3. The number of unbranched alkanes of at least 4 members (excludes halogenated alkanes) is 3. The molecular weight excluding hydrogens is 666 g/mol. The van der Waals surface area contributed by atoms with Gasteiger partial charge < -0.3 is 48.6 Å². The van der Waals surface area contributed by atoms with Crippen LogP contribution in [0.1, 0.15) is 71.4 Å². The van der Waals surface area contributed by atoms with Gasteiger partial charge in [0.05, 0.1) is 60.0 Å². The predicted molar refractivity (Wildman–Crippen MR) is 197 cm³/mol. The molecule has 274 valence electrons. The molecule has 0 saturated carbocycles. The van der Waals surface area contributed by atoms with Crippen molar-refractivity contribution in [2.75, 3.05) is 54.1 Å². The second-order valence-electron chi connectivity index (χ2n) is 12.3. The molecule has 2 heterocycles. The van der Waals surface area contributed by atoms with Gasteiger partial charge in [-0.3, -0.25) is 4.79 Å². The Morgan fingerprint density at radius 1 is 0.654 bits per heavy atom. The van der Waals surface area contributed by atoms with E-state index in [0.717, 1.165) is 53.8 Å². The normalized spacial score (nSPS) is 16.0. The van der Waals surface area contributed by atoms with Gasteiger partial charge in [0.25, 0.3) is 5.91 Å². The van der Waals surface area contributed by atoms with Gasteiger partial charge in [-0.05, 0) is 85.8 Å². The summed E-state index contributed by atoms with van der Waals surface area (Å²) in [5.41, 5.74) is 4.87. The highest BCUT2D eigenvalue weighted by atomic mass is 16.6. The van der Waals surface area contributed by atoms with Gasteiger partial charge in [0.1, 0.15) is 6.17 Å². The van der Waals surface area contributed by atoms with E-state index in [2.05, 4.69) is 15.8 Å². The molecule has 2 unspecified atom stereocenters. The summed E-state index contributed by atoms with van der Waals surface area (Å²) in [7, 11) is 7.99. The maximum atomic E-state index is 12.6. The molecule has 2 atom stereocenters. The molecule has 6 rings (SSSR count). The van der Waals surface area contributed by atoms with E-state index in [9.17, 15) is 4.79 Å². The number of benzene rings is 4. The number of carbonyl (C=O) groups is 1. The van der Waals surface area contributed by atoms with Gasteiger partial charge in [-0.2, -0.15) is 0 Å². The molecule has 0 bridgehead atoms. The number of nitrogens with zero attached hydrogens (tertiary/aromatic N) is 1. The van der Waals surface area contributed by atoms with E-state index >= 15 is 0 Å². The zero-order chi connectivity index (χ0) is 36.5. The number of fused-ring (bicyclic) bond motifs is 1. The van der Waals surface area contributed by atoms with Gasteiger partial charge in [-0.25, -0.2) is 0 Å². The fraction of sp³-hybridized carbons (Fsp3) is 0.350. The monoisotopic (exact) mass is 711 g/mol. The Morgan fingerprint density at radius 2 is 1.31 bits per heavy atom. The van der Waals surface area contributed by atoms with E-state index in [4.69, 9.17) is 38.0 Å². The highest BCUT2D eigenvalue weighted by molar-refractivity contribution is 6.02. The number of para-hydroxylation sites is 1. The molecule has 0 radical (unpaired) electrons. The minimum Gasteiger partial charge on any atom is -0.493 e.